The van der Waals surface area contributed by atoms with Gasteiger partial charge in [-0.05, 0) is 11.6 Å². The van der Waals surface area contributed by atoms with E-state index >= 15 is 0 Å². The maximum Gasteiger partial charge on any atom is 0.293 e. The van der Waals surface area contributed by atoms with Crippen LogP contribution in [0, 0.1) is 0 Å². The maximum absolute atomic E-state index is 12.8. The predicted octanol–water partition coefficient (Wildman–Crippen LogP) is 3.91. The molecule has 1 amide bonds. The summed E-state index contributed by atoms with van der Waals surface area (Å²) >= 11 is 0. The molecule has 0 aliphatic carbocycles. The van der Waals surface area contributed by atoms with Crippen molar-refractivity contribution in [2.24, 2.45) is 0 Å². The molecular weight excluding hydrogens is 322 g/mol. The Bertz CT molecular complexity index is 873. The summed E-state index contributed by atoms with van der Waals surface area (Å²) in [5.41, 5.74) is 4.02. The highest BCUT2D eigenvalue weighted by molar-refractivity contribution is 5.96. The number of pyridine rings is 1. The van der Waals surface area contributed by atoms with Crippen LogP contribution in [0.4, 0.5) is 11.4 Å². The van der Waals surface area contributed by atoms with E-state index in [1.54, 1.807) is 0 Å². The van der Waals surface area contributed by atoms with Gasteiger partial charge in [0.15, 0.2) is 12.4 Å². The van der Waals surface area contributed by atoms with Crippen LogP contribution < -0.4 is 14.8 Å². The van der Waals surface area contributed by atoms with E-state index in [-0.39, 0.29) is 11.9 Å². The van der Waals surface area contributed by atoms with Crippen molar-refractivity contribution in [1.82, 2.24) is 0 Å². The van der Waals surface area contributed by atoms with Crippen LogP contribution in [-0.2, 0) is 4.79 Å². The third kappa shape index (κ3) is 3.91. The van der Waals surface area contributed by atoms with Gasteiger partial charge in [0, 0.05) is 50.1 Å². The van der Waals surface area contributed by atoms with E-state index in [1.165, 1.54) is 0 Å². The minimum absolute atomic E-state index is 0.0454. The van der Waals surface area contributed by atoms with Gasteiger partial charge >= 0.3 is 0 Å². The molecule has 1 heterocycles. The lowest BCUT2D eigenvalue weighted by molar-refractivity contribution is -0.705. The average Bonchev–Trinajstić information content (AvgIpc) is 2.68. The Morgan fingerprint density at radius 2 is 1.54 bits per heavy atom. The van der Waals surface area contributed by atoms with E-state index in [0.717, 1.165) is 22.5 Å². The molecular formula is C22H24N3O+. The number of anilines is 2. The lowest BCUT2D eigenvalue weighted by Crippen LogP contribution is -2.44. The van der Waals surface area contributed by atoms with Gasteiger partial charge in [0.2, 0.25) is 6.04 Å². The van der Waals surface area contributed by atoms with Gasteiger partial charge in [0.25, 0.3) is 5.91 Å². The number of aromatic nitrogens is 1. The number of hydrogen-bond acceptors (Lipinski definition) is 2. The van der Waals surface area contributed by atoms with Crippen molar-refractivity contribution in [2.45, 2.75) is 13.0 Å². The summed E-state index contributed by atoms with van der Waals surface area (Å²) in [6.07, 6.45) is 3.87. The molecule has 1 N–H and O–H groups in total. The number of nitrogens with zero attached hydrogens (tertiary/aromatic N) is 2. The van der Waals surface area contributed by atoms with Gasteiger partial charge in [-0.2, -0.15) is 4.57 Å². The van der Waals surface area contributed by atoms with Crippen molar-refractivity contribution < 1.29 is 9.36 Å². The first-order valence-electron chi connectivity index (χ1n) is 8.69. The molecule has 0 fully saturated rings. The SMILES string of the molecule is C[C@H](C(=O)Nc1ccccc1-c1ccccc1)[n+]1ccc(N(C)C)cc1. The molecule has 3 aromatic rings. The van der Waals surface area contributed by atoms with Crippen LogP contribution in [0.25, 0.3) is 11.1 Å². The number of rotatable bonds is 5. The van der Waals surface area contributed by atoms with Crippen LogP contribution in [-0.4, -0.2) is 20.0 Å². The Morgan fingerprint density at radius 3 is 2.19 bits per heavy atom. The molecule has 0 radical (unpaired) electrons. The highest BCUT2D eigenvalue weighted by Crippen LogP contribution is 2.27. The Kier molecular flexibility index (Phi) is 5.32. The summed E-state index contributed by atoms with van der Waals surface area (Å²) in [7, 11) is 3.99. The first kappa shape index (κ1) is 17.7. The molecule has 0 saturated carbocycles. The fourth-order valence-electron chi connectivity index (χ4n) is 2.82. The zero-order valence-corrected chi connectivity index (χ0v) is 15.4. The summed E-state index contributed by atoms with van der Waals surface area (Å²) in [4.78, 5) is 14.8. The molecule has 4 heteroatoms. The largest absolute Gasteiger partial charge is 0.377 e. The van der Waals surface area contributed by atoms with E-state index < -0.39 is 0 Å². The van der Waals surface area contributed by atoms with Gasteiger partial charge in [-0.15, -0.1) is 0 Å². The molecule has 4 nitrogen and oxygen atoms in total. The van der Waals surface area contributed by atoms with Crippen LogP contribution >= 0.6 is 0 Å². The molecule has 2 aromatic carbocycles. The maximum atomic E-state index is 12.8. The number of benzene rings is 2. The molecule has 3 rings (SSSR count). The lowest BCUT2D eigenvalue weighted by atomic mass is 10.0. The fraction of sp³-hybridized carbons (Fsp3) is 0.182. The van der Waals surface area contributed by atoms with E-state index in [0.29, 0.717) is 0 Å². The summed E-state index contributed by atoms with van der Waals surface area (Å²) in [6, 6.07) is 21.6. The molecule has 0 aliphatic rings. The molecule has 0 saturated heterocycles. The average molecular weight is 346 g/mol. The third-order valence-electron chi connectivity index (χ3n) is 4.45. The smallest absolute Gasteiger partial charge is 0.293 e. The number of carbonyl (C=O) groups is 1. The minimum Gasteiger partial charge on any atom is -0.377 e. The molecule has 132 valence electrons. The molecule has 0 spiro atoms. The Morgan fingerprint density at radius 1 is 0.923 bits per heavy atom. The second kappa shape index (κ2) is 7.83. The highest BCUT2D eigenvalue weighted by atomic mass is 16.2. The van der Waals surface area contributed by atoms with Crippen molar-refractivity contribution in [1.29, 1.82) is 0 Å². The zero-order valence-electron chi connectivity index (χ0n) is 15.4. The van der Waals surface area contributed by atoms with Gasteiger partial charge in [0.05, 0.1) is 0 Å². The van der Waals surface area contributed by atoms with Crippen LogP contribution in [0.2, 0.25) is 0 Å². The van der Waals surface area contributed by atoms with E-state index in [1.807, 2.05) is 110 Å². The summed E-state index contributed by atoms with van der Waals surface area (Å²) in [6.45, 7) is 1.90. The Balaban J connectivity index is 1.80. The number of para-hydroxylation sites is 1. The minimum atomic E-state index is -0.310. The first-order chi connectivity index (χ1) is 12.6. The number of hydrogen-bond donors (Lipinski definition) is 1. The number of carbonyl (C=O) groups excluding carboxylic acids is 1. The fourth-order valence-corrected chi connectivity index (χ4v) is 2.82. The summed E-state index contributed by atoms with van der Waals surface area (Å²) < 4.78 is 1.91. The molecule has 0 unspecified atom stereocenters. The summed E-state index contributed by atoms with van der Waals surface area (Å²) in [5, 5.41) is 3.07. The second-order valence-corrected chi connectivity index (χ2v) is 6.47. The van der Waals surface area contributed by atoms with Gasteiger partial charge in [-0.3, -0.25) is 4.79 Å². The normalized spacial score (nSPS) is 11.7. The van der Waals surface area contributed by atoms with Crippen LogP contribution in [0.15, 0.2) is 79.1 Å². The van der Waals surface area contributed by atoms with Crippen LogP contribution in [0.1, 0.15) is 13.0 Å². The molecule has 1 atom stereocenters. The number of nitrogens with one attached hydrogen (secondary N) is 1. The molecule has 0 aliphatic heterocycles. The van der Waals surface area contributed by atoms with Gasteiger partial charge < -0.3 is 10.2 Å². The lowest BCUT2D eigenvalue weighted by Gasteiger charge is -2.14. The highest BCUT2D eigenvalue weighted by Gasteiger charge is 2.22. The standard InChI is InChI=1S/C22H23N3O/c1-17(25-15-13-19(14-16-25)24(2)3)22(26)23-21-12-8-7-11-20(21)18-9-5-4-6-10-18/h4-17H,1-3H3/p+1/t17-/m1/s1. The predicted molar refractivity (Wildman–Crippen MR) is 106 cm³/mol. The van der Waals surface area contributed by atoms with Crippen LogP contribution in [0.3, 0.4) is 0 Å². The van der Waals surface area contributed by atoms with Crippen molar-refractivity contribution in [3.63, 3.8) is 0 Å². The van der Waals surface area contributed by atoms with Crippen molar-refractivity contribution in [2.75, 3.05) is 24.3 Å². The van der Waals surface area contributed by atoms with Crippen molar-refractivity contribution in [3.05, 3.63) is 79.1 Å². The topological polar surface area (TPSA) is 36.2 Å². The molecule has 1 aromatic heterocycles. The van der Waals surface area contributed by atoms with E-state index in [4.69, 9.17) is 0 Å². The van der Waals surface area contributed by atoms with E-state index in [2.05, 4.69) is 5.32 Å². The van der Waals surface area contributed by atoms with Gasteiger partial charge in [-0.1, -0.05) is 48.5 Å². The Hall–Kier alpha value is -3.14. The quantitative estimate of drug-likeness (QED) is 0.711. The van der Waals surface area contributed by atoms with Crippen LogP contribution in [0.5, 0.6) is 0 Å². The van der Waals surface area contributed by atoms with Crippen molar-refractivity contribution >= 4 is 17.3 Å². The van der Waals surface area contributed by atoms with Gasteiger partial charge in [-0.25, -0.2) is 0 Å². The number of amides is 1. The Labute approximate surface area is 154 Å². The second-order valence-electron chi connectivity index (χ2n) is 6.47. The third-order valence-corrected chi connectivity index (χ3v) is 4.45. The molecule has 0 bridgehead atoms. The molecule has 26 heavy (non-hydrogen) atoms. The van der Waals surface area contributed by atoms with E-state index in [9.17, 15) is 4.79 Å². The van der Waals surface area contributed by atoms with Gasteiger partial charge in [0.1, 0.15) is 0 Å². The zero-order chi connectivity index (χ0) is 18.5. The first-order valence-corrected chi connectivity index (χ1v) is 8.69. The summed E-state index contributed by atoms with van der Waals surface area (Å²) in [5.74, 6) is -0.0454. The monoisotopic (exact) mass is 346 g/mol. The van der Waals surface area contributed by atoms with Crippen molar-refractivity contribution in [3.8, 4) is 11.1 Å².